The Hall–Kier alpha value is -1.63. The lowest BCUT2D eigenvalue weighted by Crippen LogP contribution is -2.46. The van der Waals surface area contributed by atoms with Gasteiger partial charge in [-0.25, -0.2) is 4.79 Å². The first-order valence-corrected chi connectivity index (χ1v) is 5.34. The van der Waals surface area contributed by atoms with Gasteiger partial charge < -0.3 is 10.4 Å². The van der Waals surface area contributed by atoms with Crippen LogP contribution in [-0.4, -0.2) is 42.6 Å². The van der Waals surface area contributed by atoms with Crippen molar-refractivity contribution in [1.29, 1.82) is 0 Å². The second-order valence-electron chi connectivity index (χ2n) is 4.03. The maximum absolute atomic E-state index is 11.2. The highest BCUT2D eigenvalue weighted by atomic mass is 16.4. The SMILES string of the molecule is CNC(=O)NC(=O)CNC(CC(C)C)C(=O)O. The Bertz CT molecular complexity index is 291. The molecule has 0 fully saturated rings. The number of carbonyl (C=O) groups is 3. The molecule has 0 aromatic carbocycles. The van der Waals surface area contributed by atoms with Gasteiger partial charge in [-0.05, 0) is 12.3 Å². The lowest BCUT2D eigenvalue weighted by atomic mass is 10.0. The van der Waals surface area contributed by atoms with E-state index in [0.717, 1.165) is 0 Å². The van der Waals surface area contributed by atoms with Crippen molar-refractivity contribution in [3.8, 4) is 0 Å². The minimum Gasteiger partial charge on any atom is -0.480 e. The standard InChI is InChI=1S/C10H19N3O4/c1-6(2)4-7(9(15)16)12-5-8(14)13-10(17)11-3/h6-7,12H,4-5H2,1-3H3,(H,15,16)(H2,11,13,14,17). The molecule has 0 aromatic heterocycles. The summed E-state index contributed by atoms with van der Waals surface area (Å²) in [7, 11) is 1.38. The molecule has 1 unspecified atom stereocenters. The second kappa shape index (κ2) is 7.61. The predicted octanol–water partition coefficient (Wildman–Crippen LogP) is -0.469. The van der Waals surface area contributed by atoms with E-state index in [1.54, 1.807) is 0 Å². The lowest BCUT2D eigenvalue weighted by molar-refractivity contribution is -0.140. The number of carboxylic acids is 1. The smallest absolute Gasteiger partial charge is 0.321 e. The average Bonchev–Trinajstić information content (AvgIpc) is 2.23. The summed E-state index contributed by atoms with van der Waals surface area (Å²) in [5.41, 5.74) is 0. The molecule has 0 bridgehead atoms. The molecule has 0 aliphatic carbocycles. The Labute approximate surface area is 100.0 Å². The topological polar surface area (TPSA) is 108 Å². The molecule has 0 aliphatic heterocycles. The quantitative estimate of drug-likeness (QED) is 0.506. The van der Waals surface area contributed by atoms with Crippen LogP contribution in [0.25, 0.3) is 0 Å². The summed E-state index contributed by atoms with van der Waals surface area (Å²) in [5.74, 6) is -1.38. The average molecular weight is 245 g/mol. The second-order valence-corrected chi connectivity index (χ2v) is 4.03. The Kier molecular flexibility index (Phi) is 6.88. The van der Waals surface area contributed by atoms with Gasteiger partial charge in [0.2, 0.25) is 5.91 Å². The molecule has 1 atom stereocenters. The van der Waals surface area contributed by atoms with Gasteiger partial charge in [-0.3, -0.25) is 20.2 Å². The van der Waals surface area contributed by atoms with Crippen LogP contribution in [0.5, 0.6) is 0 Å². The van der Waals surface area contributed by atoms with Crippen molar-refractivity contribution in [2.45, 2.75) is 26.3 Å². The number of hydrogen-bond donors (Lipinski definition) is 4. The third-order valence-electron chi connectivity index (χ3n) is 1.99. The molecule has 7 heteroatoms. The molecule has 0 radical (unpaired) electrons. The summed E-state index contributed by atoms with van der Waals surface area (Å²) in [5, 5.41) is 15.7. The molecule has 7 nitrogen and oxygen atoms in total. The maximum Gasteiger partial charge on any atom is 0.321 e. The first-order valence-electron chi connectivity index (χ1n) is 5.34. The van der Waals surface area contributed by atoms with Crippen molar-refractivity contribution in [2.75, 3.05) is 13.6 Å². The Morgan fingerprint density at radius 2 is 1.82 bits per heavy atom. The molecular weight excluding hydrogens is 226 g/mol. The summed E-state index contributed by atoms with van der Waals surface area (Å²) in [6, 6.07) is -1.40. The van der Waals surface area contributed by atoms with Crippen molar-refractivity contribution in [2.24, 2.45) is 5.92 Å². The lowest BCUT2D eigenvalue weighted by Gasteiger charge is -2.15. The monoisotopic (exact) mass is 245 g/mol. The van der Waals surface area contributed by atoms with Crippen LogP contribution in [0.4, 0.5) is 4.79 Å². The highest BCUT2D eigenvalue weighted by Crippen LogP contribution is 2.04. The summed E-state index contributed by atoms with van der Waals surface area (Å²) >= 11 is 0. The van der Waals surface area contributed by atoms with Gasteiger partial charge in [-0.1, -0.05) is 13.8 Å². The molecule has 0 spiro atoms. The molecule has 0 aliphatic rings. The number of carbonyl (C=O) groups excluding carboxylic acids is 2. The summed E-state index contributed by atoms with van der Waals surface area (Å²) in [6.45, 7) is 3.57. The Morgan fingerprint density at radius 1 is 1.24 bits per heavy atom. The van der Waals surface area contributed by atoms with Gasteiger partial charge in [0.15, 0.2) is 0 Å². The van der Waals surface area contributed by atoms with Crippen LogP contribution in [0.1, 0.15) is 20.3 Å². The van der Waals surface area contributed by atoms with E-state index in [-0.39, 0.29) is 12.5 Å². The van der Waals surface area contributed by atoms with E-state index in [9.17, 15) is 14.4 Å². The van der Waals surface area contributed by atoms with Gasteiger partial charge in [0.05, 0.1) is 6.54 Å². The third-order valence-corrected chi connectivity index (χ3v) is 1.99. The van der Waals surface area contributed by atoms with Crippen LogP contribution in [0.15, 0.2) is 0 Å². The van der Waals surface area contributed by atoms with Crippen LogP contribution in [0.3, 0.4) is 0 Å². The summed E-state index contributed by atoms with van der Waals surface area (Å²) in [6.07, 6.45) is 0.419. The van der Waals surface area contributed by atoms with Gasteiger partial charge >= 0.3 is 12.0 Å². The molecule has 4 N–H and O–H groups in total. The zero-order valence-electron chi connectivity index (χ0n) is 10.2. The van der Waals surface area contributed by atoms with E-state index >= 15 is 0 Å². The van der Waals surface area contributed by atoms with Crippen LogP contribution < -0.4 is 16.0 Å². The molecule has 0 saturated heterocycles. The van der Waals surface area contributed by atoms with Crippen LogP contribution in [-0.2, 0) is 9.59 Å². The van der Waals surface area contributed by atoms with Gasteiger partial charge in [0.1, 0.15) is 6.04 Å². The number of carboxylic acid groups (broad SMARTS) is 1. The van der Waals surface area contributed by atoms with Crippen molar-refractivity contribution in [3.63, 3.8) is 0 Å². The van der Waals surface area contributed by atoms with Gasteiger partial charge in [0, 0.05) is 7.05 Å². The molecule has 98 valence electrons. The minimum absolute atomic E-state index is 0.200. The van der Waals surface area contributed by atoms with E-state index in [1.165, 1.54) is 7.05 Å². The summed E-state index contributed by atoms with van der Waals surface area (Å²) < 4.78 is 0. The summed E-state index contributed by atoms with van der Waals surface area (Å²) in [4.78, 5) is 32.8. The number of urea groups is 1. The maximum atomic E-state index is 11.2. The first-order chi connectivity index (χ1) is 7.86. The van der Waals surface area contributed by atoms with Crippen molar-refractivity contribution < 1.29 is 19.5 Å². The third kappa shape index (κ3) is 7.29. The van der Waals surface area contributed by atoms with Gasteiger partial charge in [-0.15, -0.1) is 0 Å². The molecule has 3 amide bonds. The molecular formula is C10H19N3O4. The van der Waals surface area contributed by atoms with E-state index < -0.39 is 23.9 Å². The predicted molar refractivity (Wildman–Crippen MR) is 61.5 cm³/mol. The number of amides is 3. The largest absolute Gasteiger partial charge is 0.480 e. The number of nitrogens with one attached hydrogen (secondary N) is 3. The van der Waals surface area contributed by atoms with E-state index in [4.69, 9.17) is 5.11 Å². The highest BCUT2D eigenvalue weighted by molar-refractivity contribution is 5.95. The number of imide groups is 1. The fourth-order valence-corrected chi connectivity index (χ4v) is 1.19. The Balaban J connectivity index is 4.08. The van der Waals surface area contributed by atoms with E-state index in [1.807, 2.05) is 19.2 Å². The van der Waals surface area contributed by atoms with Gasteiger partial charge in [-0.2, -0.15) is 0 Å². The number of hydrogen-bond acceptors (Lipinski definition) is 4. The number of aliphatic carboxylic acids is 1. The fraction of sp³-hybridized carbons (Fsp3) is 0.700. The zero-order chi connectivity index (χ0) is 13.4. The number of rotatable bonds is 6. The van der Waals surface area contributed by atoms with E-state index in [0.29, 0.717) is 6.42 Å². The molecule has 17 heavy (non-hydrogen) atoms. The normalized spacial score (nSPS) is 12.0. The fourth-order valence-electron chi connectivity index (χ4n) is 1.19. The highest BCUT2D eigenvalue weighted by Gasteiger charge is 2.19. The zero-order valence-corrected chi connectivity index (χ0v) is 10.2. The van der Waals surface area contributed by atoms with Crippen molar-refractivity contribution in [1.82, 2.24) is 16.0 Å². The minimum atomic E-state index is -1.01. The first kappa shape index (κ1) is 15.4. The molecule has 0 heterocycles. The van der Waals surface area contributed by atoms with Crippen LogP contribution in [0, 0.1) is 5.92 Å². The molecule has 0 saturated carbocycles. The van der Waals surface area contributed by atoms with Crippen LogP contribution in [0.2, 0.25) is 0 Å². The molecule has 0 aromatic rings. The van der Waals surface area contributed by atoms with E-state index in [2.05, 4.69) is 10.6 Å². The van der Waals surface area contributed by atoms with Crippen LogP contribution >= 0.6 is 0 Å². The van der Waals surface area contributed by atoms with Gasteiger partial charge in [0.25, 0.3) is 0 Å². The van der Waals surface area contributed by atoms with Crippen molar-refractivity contribution in [3.05, 3.63) is 0 Å². The molecule has 0 rings (SSSR count). The van der Waals surface area contributed by atoms with Crippen molar-refractivity contribution >= 4 is 17.9 Å². The Morgan fingerprint density at radius 3 is 2.24 bits per heavy atom.